The second-order valence-electron chi connectivity index (χ2n) is 6.17. The summed E-state index contributed by atoms with van der Waals surface area (Å²) in [6, 6.07) is 3.70. The molecule has 2 aliphatic heterocycles. The lowest BCUT2D eigenvalue weighted by atomic mass is 9.94. The molecule has 2 aliphatic rings. The van der Waals surface area contributed by atoms with Crippen molar-refractivity contribution in [1.29, 1.82) is 0 Å². The first kappa shape index (κ1) is 14.0. The molecule has 0 amide bonds. The molecular formula is C16H23FN2O. The molecule has 0 bridgehead atoms. The number of halogens is 1. The van der Waals surface area contributed by atoms with E-state index >= 15 is 0 Å². The van der Waals surface area contributed by atoms with E-state index in [1.807, 2.05) is 19.9 Å². The Morgan fingerprint density at radius 3 is 2.95 bits per heavy atom. The van der Waals surface area contributed by atoms with Gasteiger partial charge >= 0.3 is 0 Å². The molecule has 0 aliphatic carbocycles. The van der Waals surface area contributed by atoms with Gasteiger partial charge in [-0.15, -0.1) is 0 Å². The normalized spacial score (nSPS) is 28.4. The van der Waals surface area contributed by atoms with E-state index in [0.29, 0.717) is 11.6 Å². The maximum Gasteiger partial charge on any atom is 0.128 e. The van der Waals surface area contributed by atoms with Gasteiger partial charge in [-0.05, 0) is 50.4 Å². The molecule has 2 fully saturated rings. The number of aryl methyl sites for hydroxylation is 2. The molecule has 0 aromatic heterocycles. The van der Waals surface area contributed by atoms with Crippen LogP contribution in [0.4, 0.5) is 4.39 Å². The van der Waals surface area contributed by atoms with Crippen molar-refractivity contribution in [2.45, 2.75) is 44.9 Å². The summed E-state index contributed by atoms with van der Waals surface area (Å²) in [7, 11) is 0. The van der Waals surface area contributed by atoms with E-state index in [1.165, 1.54) is 12.8 Å². The number of hydrogen-bond donors (Lipinski definition) is 1. The fraction of sp³-hybridized carbons (Fsp3) is 0.625. The van der Waals surface area contributed by atoms with Crippen LogP contribution in [0.25, 0.3) is 0 Å². The van der Waals surface area contributed by atoms with Crippen LogP contribution in [0.5, 0.6) is 0 Å². The van der Waals surface area contributed by atoms with Crippen LogP contribution in [-0.2, 0) is 4.74 Å². The molecule has 3 atom stereocenters. The number of hydrogen-bond acceptors (Lipinski definition) is 3. The molecule has 1 aromatic carbocycles. The Balaban J connectivity index is 1.80. The van der Waals surface area contributed by atoms with Crippen LogP contribution in [0.1, 0.15) is 35.6 Å². The lowest BCUT2D eigenvalue weighted by molar-refractivity contribution is -0.0601. The topological polar surface area (TPSA) is 38.5 Å². The number of benzene rings is 1. The molecule has 3 nitrogen and oxygen atoms in total. The predicted molar refractivity (Wildman–Crippen MR) is 77.1 cm³/mol. The van der Waals surface area contributed by atoms with E-state index in [0.717, 1.165) is 30.8 Å². The summed E-state index contributed by atoms with van der Waals surface area (Å²) in [5.41, 5.74) is 8.77. The third-order valence-corrected chi connectivity index (χ3v) is 4.63. The van der Waals surface area contributed by atoms with Gasteiger partial charge in [0.1, 0.15) is 5.82 Å². The SMILES string of the molecule is Cc1cc(C)c(C(N)C2CN3CCCC3CO2)c(F)c1. The average Bonchev–Trinajstić information content (AvgIpc) is 2.84. The van der Waals surface area contributed by atoms with Crippen molar-refractivity contribution in [3.05, 3.63) is 34.6 Å². The van der Waals surface area contributed by atoms with E-state index < -0.39 is 6.04 Å². The fourth-order valence-electron chi connectivity index (χ4n) is 3.59. The molecule has 0 radical (unpaired) electrons. The summed E-state index contributed by atoms with van der Waals surface area (Å²) in [5.74, 6) is -0.206. The van der Waals surface area contributed by atoms with Crippen LogP contribution in [0.3, 0.4) is 0 Å². The molecule has 20 heavy (non-hydrogen) atoms. The average molecular weight is 278 g/mol. The highest BCUT2D eigenvalue weighted by Crippen LogP contribution is 2.30. The minimum absolute atomic E-state index is 0.111. The number of nitrogens with two attached hydrogens (primary N) is 1. The quantitative estimate of drug-likeness (QED) is 0.902. The molecule has 0 saturated carbocycles. The van der Waals surface area contributed by atoms with Crippen molar-refractivity contribution in [2.24, 2.45) is 5.73 Å². The van der Waals surface area contributed by atoms with Crippen molar-refractivity contribution in [2.75, 3.05) is 19.7 Å². The Morgan fingerprint density at radius 1 is 1.40 bits per heavy atom. The molecule has 0 spiro atoms. The minimum atomic E-state index is -0.392. The smallest absolute Gasteiger partial charge is 0.128 e. The molecule has 1 aromatic rings. The van der Waals surface area contributed by atoms with E-state index in [9.17, 15) is 4.39 Å². The Labute approximate surface area is 119 Å². The zero-order chi connectivity index (χ0) is 14.3. The minimum Gasteiger partial charge on any atom is -0.373 e. The van der Waals surface area contributed by atoms with E-state index in [4.69, 9.17) is 10.5 Å². The van der Waals surface area contributed by atoms with Gasteiger partial charge in [0, 0.05) is 18.2 Å². The Bertz CT molecular complexity index is 482. The van der Waals surface area contributed by atoms with Crippen molar-refractivity contribution in [1.82, 2.24) is 4.90 Å². The summed E-state index contributed by atoms with van der Waals surface area (Å²) in [4.78, 5) is 2.44. The summed E-state index contributed by atoms with van der Waals surface area (Å²) >= 11 is 0. The molecule has 110 valence electrons. The predicted octanol–water partition coefficient (Wildman–Crippen LogP) is 2.31. The van der Waals surface area contributed by atoms with Gasteiger partial charge in [-0.3, -0.25) is 4.90 Å². The van der Waals surface area contributed by atoms with Gasteiger partial charge in [0.15, 0.2) is 0 Å². The van der Waals surface area contributed by atoms with Gasteiger partial charge in [0.2, 0.25) is 0 Å². The van der Waals surface area contributed by atoms with Crippen LogP contribution >= 0.6 is 0 Å². The monoisotopic (exact) mass is 278 g/mol. The lowest BCUT2D eigenvalue weighted by Crippen LogP contribution is -2.50. The first-order chi connectivity index (χ1) is 9.56. The van der Waals surface area contributed by atoms with E-state index in [2.05, 4.69) is 4.90 Å². The molecule has 2 heterocycles. The van der Waals surface area contributed by atoms with Crippen molar-refractivity contribution >= 4 is 0 Å². The van der Waals surface area contributed by atoms with E-state index in [1.54, 1.807) is 6.07 Å². The summed E-state index contributed by atoms with van der Waals surface area (Å²) in [5, 5.41) is 0. The summed E-state index contributed by atoms with van der Waals surface area (Å²) in [6.45, 7) is 6.49. The Hall–Kier alpha value is -0.970. The van der Waals surface area contributed by atoms with Crippen molar-refractivity contribution < 1.29 is 9.13 Å². The molecule has 3 unspecified atom stereocenters. The van der Waals surface area contributed by atoms with E-state index in [-0.39, 0.29) is 11.9 Å². The van der Waals surface area contributed by atoms with Gasteiger partial charge in [0.05, 0.1) is 18.8 Å². The van der Waals surface area contributed by atoms with Crippen LogP contribution in [-0.4, -0.2) is 36.7 Å². The highest BCUT2D eigenvalue weighted by molar-refractivity contribution is 5.35. The van der Waals surface area contributed by atoms with Gasteiger partial charge in [-0.1, -0.05) is 6.07 Å². The van der Waals surface area contributed by atoms with Gasteiger partial charge in [-0.25, -0.2) is 4.39 Å². The second kappa shape index (κ2) is 5.43. The van der Waals surface area contributed by atoms with Crippen molar-refractivity contribution in [3.63, 3.8) is 0 Å². The second-order valence-corrected chi connectivity index (χ2v) is 6.17. The van der Waals surface area contributed by atoms with Crippen LogP contribution in [0.2, 0.25) is 0 Å². The summed E-state index contributed by atoms with van der Waals surface area (Å²) < 4.78 is 20.2. The number of nitrogens with zero attached hydrogens (tertiary/aromatic N) is 1. The summed E-state index contributed by atoms with van der Waals surface area (Å²) in [6.07, 6.45) is 2.33. The Morgan fingerprint density at radius 2 is 2.20 bits per heavy atom. The largest absolute Gasteiger partial charge is 0.373 e. The first-order valence-corrected chi connectivity index (χ1v) is 7.44. The highest BCUT2D eigenvalue weighted by Gasteiger charge is 2.36. The maximum atomic E-state index is 14.2. The van der Waals surface area contributed by atoms with Crippen molar-refractivity contribution in [3.8, 4) is 0 Å². The van der Waals surface area contributed by atoms with Gasteiger partial charge in [-0.2, -0.15) is 0 Å². The number of rotatable bonds is 2. The lowest BCUT2D eigenvalue weighted by Gasteiger charge is -2.38. The number of fused-ring (bicyclic) bond motifs is 1. The molecule has 2 saturated heterocycles. The first-order valence-electron chi connectivity index (χ1n) is 7.44. The van der Waals surface area contributed by atoms with Crippen LogP contribution < -0.4 is 5.73 Å². The molecule has 2 N–H and O–H groups in total. The van der Waals surface area contributed by atoms with Gasteiger partial charge in [0.25, 0.3) is 0 Å². The molecule has 4 heteroatoms. The van der Waals surface area contributed by atoms with Crippen LogP contribution in [0.15, 0.2) is 12.1 Å². The third-order valence-electron chi connectivity index (χ3n) is 4.63. The fourth-order valence-corrected chi connectivity index (χ4v) is 3.59. The standard InChI is InChI=1S/C16H23FN2O/c1-10-6-11(2)15(13(17)7-10)16(18)14-8-19-5-3-4-12(19)9-20-14/h6-7,12,14,16H,3-5,8-9,18H2,1-2H3. The highest BCUT2D eigenvalue weighted by atomic mass is 19.1. The third kappa shape index (κ3) is 2.48. The molecular weight excluding hydrogens is 255 g/mol. The number of ether oxygens (including phenoxy) is 1. The van der Waals surface area contributed by atoms with Crippen LogP contribution in [0, 0.1) is 19.7 Å². The van der Waals surface area contributed by atoms with Gasteiger partial charge < -0.3 is 10.5 Å². The zero-order valence-electron chi connectivity index (χ0n) is 12.2. The zero-order valence-corrected chi connectivity index (χ0v) is 12.2. The Kier molecular flexibility index (Phi) is 3.80. The maximum absolute atomic E-state index is 14.2. The molecule has 3 rings (SSSR count). The number of morpholine rings is 1.